The van der Waals surface area contributed by atoms with E-state index >= 15 is 0 Å². The maximum atomic E-state index is 13.4. The lowest BCUT2D eigenvalue weighted by Gasteiger charge is -2.22. The number of esters is 1. The molecule has 9 nitrogen and oxygen atoms in total. The molecule has 0 bridgehead atoms. The minimum absolute atomic E-state index is 0.0768. The van der Waals surface area contributed by atoms with E-state index in [1.165, 1.54) is 12.1 Å². The molecule has 2 heterocycles. The Morgan fingerprint density at radius 1 is 1.14 bits per heavy atom. The summed E-state index contributed by atoms with van der Waals surface area (Å²) in [5.41, 5.74) is 3.83. The first-order valence-electron chi connectivity index (χ1n) is 11.8. The van der Waals surface area contributed by atoms with Gasteiger partial charge in [-0.05, 0) is 67.2 Å². The van der Waals surface area contributed by atoms with Crippen LogP contribution in [-0.2, 0) is 16.0 Å². The lowest BCUT2D eigenvalue weighted by atomic mass is 9.86. The zero-order valence-corrected chi connectivity index (χ0v) is 20.0. The van der Waals surface area contributed by atoms with Gasteiger partial charge in [-0.15, -0.1) is 0 Å². The van der Waals surface area contributed by atoms with Gasteiger partial charge in [0.25, 0.3) is 11.6 Å². The van der Waals surface area contributed by atoms with E-state index in [9.17, 15) is 19.7 Å². The standard InChI is InChI=1S/C28H23N3O6/c1-17-7-4-13-23(31(34)35)26(17)30-24(32)16-37-28(33)25-20-10-2-3-12-22(20)29-27-18(8-5-11-21(25)27)15-19-9-6-14-36-19/h2-4,6-7,9-10,12-15H,5,8,11,16H2,1H3,(H,30,32)/b18-15-. The summed E-state index contributed by atoms with van der Waals surface area (Å²) in [5, 5.41) is 14.5. The maximum Gasteiger partial charge on any atom is 0.339 e. The topological polar surface area (TPSA) is 125 Å². The summed E-state index contributed by atoms with van der Waals surface area (Å²) in [7, 11) is 0. The number of rotatable bonds is 6. The Balaban J connectivity index is 1.44. The second-order valence-corrected chi connectivity index (χ2v) is 8.72. The fourth-order valence-electron chi connectivity index (χ4n) is 4.60. The number of nitrogens with zero attached hydrogens (tertiary/aromatic N) is 2. The Morgan fingerprint density at radius 2 is 1.97 bits per heavy atom. The summed E-state index contributed by atoms with van der Waals surface area (Å²) in [6.45, 7) is 1.06. The Bertz CT molecular complexity index is 1560. The van der Waals surface area contributed by atoms with E-state index in [-0.39, 0.29) is 11.4 Å². The van der Waals surface area contributed by atoms with Gasteiger partial charge in [-0.1, -0.05) is 30.3 Å². The molecule has 1 amide bonds. The molecule has 1 aliphatic carbocycles. The zero-order valence-electron chi connectivity index (χ0n) is 20.0. The summed E-state index contributed by atoms with van der Waals surface area (Å²) < 4.78 is 10.9. The van der Waals surface area contributed by atoms with E-state index < -0.39 is 23.4 Å². The number of para-hydroxylation sites is 2. The molecule has 0 atom stereocenters. The molecule has 0 saturated carbocycles. The van der Waals surface area contributed by atoms with Crippen molar-refractivity contribution in [1.82, 2.24) is 4.98 Å². The van der Waals surface area contributed by atoms with Crippen LogP contribution < -0.4 is 5.32 Å². The van der Waals surface area contributed by atoms with Gasteiger partial charge in [0.15, 0.2) is 6.61 Å². The molecule has 0 spiro atoms. The fourth-order valence-corrected chi connectivity index (χ4v) is 4.60. The highest BCUT2D eigenvalue weighted by Crippen LogP contribution is 2.36. The number of anilines is 1. The number of amides is 1. The van der Waals surface area contributed by atoms with Gasteiger partial charge < -0.3 is 14.5 Å². The Morgan fingerprint density at radius 3 is 2.76 bits per heavy atom. The molecule has 0 unspecified atom stereocenters. The van der Waals surface area contributed by atoms with Crippen LogP contribution in [0.15, 0.2) is 65.3 Å². The third kappa shape index (κ3) is 4.84. The van der Waals surface area contributed by atoms with Gasteiger partial charge in [0.05, 0.1) is 28.0 Å². The third-order valence-electron chi connectivity index (χ3n) is 6.28. The SMILES string of the molecule is Cc1cccc([N+](=O)[O-])c1NC(=O)COC(=O)c1c2c(nc3ccccc13)/C(=C\c1ccco1)CCC2. The average molecular weight is 498 g/mol. The Kier molecular flexibility index (Phi) is 6.51. The highest BCUT2D eigenvalue weighted by Gasteiger charge is 2.27. The van der Waals surface area contributed by atoms with Crippen molar-refractivity contribution in [3.8, 4) is 0 Å². The molecule has 1 aliphatic rings. The number of aromatic nitrogens is 1. The van der Waals surface area contributed by atoms with Crippen molar-refractivity contribution in [3.05, 3.63) is 99.1 Å². The summed E-state index contributed by atoms with van der Waals surface area (Å²) in [5.74, 6) is -0.621. The number of nitrogens with one attached hydrogen (secondary N) is 1. The number of ether oxygens (including phenoxy) is 1. The highest BCUT2D eigenvalue weighted by molar-refractivity contribution is 6.07. The minimum Gasteiger partial charge on any atom is -0.465 e. The third-order valence-corrected chi connectivity index (χ3v) is 6.28. The average Bonchev–Trinajstić information content (AvgIpc) is 3.40. The van der Waals surface area contributed by atoms with E-state index in [1.807, 2.05) is 36.4 Å². The lowest BCUT2D eigenvalue weighted by Crippen LogP contribution is -2.23. The maximum absolute atomic E-state index is 13.4. The first-order chi connectivity index (χ1) is 17.9. The first kappa shape index (κ1) is 23.9. The van der Waals surface area contributed by atoms with E-state index in [1.54, 1.807) is 25.3 Å². The second-order valence-electron chi connectivity index (χ2n) is 8.72. The number of carbonyl (C=O) groups is 2. The second kappa shape index (κ2) is 10.1. The van der Waals surface area contributed by atoms with Crippen molar-refractivity contribution in [2.75, 3.05) is 11.9 Å². The van der Waals surface area contributed by atoms with Gasteiger partial charge in [-0.25, -0.2) is 9.78 Å². The number of hydrogen-bond donors (Lipinski definition) is 1. The van der Waals surface area contributed by atoms with Crippen molar-refractivity contribution in [3.63, 3.8) is 0 Å². The number of fused-ring (bicyclic) bond motifs is 2. The summed E-state index contributed by atoms with van der Waals surface area (Å²) in [6.07, 6.45) is 5.76. The molecule has 9 heteroatoms. The molecule has 37 heavy (non-hydrogen) atoms. The molecule has 2 aromatic heterocycles. The number of nitro benzene ring substituents is 1. The summed E-state index contributed by atoms with van der Waals surface area (Å²) in [4.78, 5) is 41.6. The number of aryl methyl sites for hydroxylation is 1. The highest BCUT2D eigenvalue weighted by atomic mass is 16.6. The molecule has 186 valence electrons. The van der Waals surface area contributed by atoms with Gasteiger partial charge in [0.1, 0.15) is 11.4 Å². The number of hydrogen-bond acceptors (Lipinski definition) is 7. The van der Waals surface area contributed by atoms with Crippen LogP contribution in [0.4, 0.5) is 11.4 Å². The van der Waals surface area contributed by atoms with Crippen LogP contribution in [0.3, 0.4) is 0 Å². The van der Waals surface area contributed by atoms with Crippen molar-refractivity contribution >= 4 is 45.8 Å². The van der Waals surface area contributed by atoms with E-state index in [0.29, 0.717) is 39.9 Å². The molecule has 4 aromatic rings. The number of allylic oxidation sites excluding steroid dienone is 1. The number of nitro groups is 1. The molecule has 1 N–H and O–H groups in total. The number of pyridine rings is 1. The van der Waals surface area contributed by atoms with Crippen LogP contribution in [0.5, 0.6) is 0 Å². The predicted octanol–water partition coefficient (Wildman–Crippen LogP) is 5.72. The van der Waals surface area contributed by atoms with Crippen molar-refractivity contribution in [2.24, 2.45) is 0 Å². The lowest BCUT2D eigenvalue weighted by molar-refractivity contribution is -0.384. The first-order valence-corrected chi connectivity index (χ1v) is 11.8. The van der Waals surface area contributed by atoms with Crippen LogP contribution in [0.2, 0.25) is 0 Å². The van der Waals surface area contributed by atoms with Crippen molar-refractivity contribution in [1.29, 1.82) is 0 Å². The summed E-state index contributed by atoms with van der Waals surface area (Å²) in [6, 6.07) is 15.5. The Labute approximate surface area is 211 Å². The van der Waals surface area contributed by atoms with Gasteiger partial charge in [-0.2, -0.15) is 0 Å². The van der Waals surface area contributed by atoms with Gasteiger partial charge in [0, 0.05) is 11.5 Å². The normalized spacial score (nSPS) is 13.8. The van der Waals surface area contributed by atoms with Gasteiger partial charge >= 0.3 is 5.97 Å². The fraction of sp³-hybridized carbons (Fsp3) is 0.179. The van der Waals surface area contributed by atoms with Crippen LogP contribution in [0.1, 0.15) is 45.8 Å². The molecule has 0 radical (unpaired) electrons. The largest absolute Gasteiger partial charge is 0.465 e. The Hall–Kier alpha value is -4.79. The summed E-state index contributed by atoms with van der Waals surface area (Å²) >= 11 is 0. The quantitative estimate of drug-likeness (QED) is 0.205. The van der Waals surface area contributed by atoms with E-state index in [0.717, 1.165) is 24.0 Å². The predicted molar refractivity (Wildman–Crippen MR) is 138 cm³/mol. The van der Waals surface area contributed by atoms with Crippen molar-refractivity contribution in [2.45, 2.75) is 26.2 Å². The molecular weight excluding hydrogens is 474 g/mol. The minimum atomic E-state index is -0.670. The van der Waals surface area contributed by atoms with Crippen LogP contribution in [-0.4, -0.2) is 28.4 Å². The molecule has 5 rings (SSSR count). The number of benzene rings is 2. The molecule has 0 saturated heterocycles. The zero-order chi connectivity index (χ0) is 25.9. The van der Waals surface area contributed by atoms with Crippen molar-refractivity contribution < 1.29 is 23.7 Å². The van der Waals surface area contributed by atoms with Crippen LogP contribution >= 0.6 is 0 Å². The van der Waals surface area contributed by atoms with E-state index in [2.05, 4.69) is 5.32 Å². The van der Waals surface area contributed by atoms with E-state index in [4.69, 9.17) is 14.1 Å². The number of furan rings is 1. The van der Waals surface area contributed by atoms with Crippen LogP contribution in [0, 0.1) is 17.0 Å². The number of carbonyl (C=O) groups excluding carboxylic acids is 2. The van der Waals surface area contributed by atoms with Crippen LogP contribution in [0.25, 0.3) is 22.6 Å². The van der Waals surface area contributed by atoms with Gasteiger partial charge in [-0.3, -0.25) is 14.9 Å². The van der Waals surface area contributed by atoms with Gasteiger partial charge in [0.2, 0.25) is 0 Å². The molecule has 2 aromatic carbocycles. The monoisotopic (exact) mass is 497 g/mol. The smallest absolute Gasteiger partial charge is 0.339 e. The molecular formula is C28H23N3O6. The molecule has 0 fully saturated rings. The molecule has 0 aliphatic heterocycles.